The van der Waals surface area contributed by atoms with Gasteiger partial charge in [0.15, 0.2) is 5.78 Å². The molecule has 0 aliphatic rings. The summed E-state index contributed by atoms with van der Waals surface area (Å²) in [6, 6.07) is 3.72. The molecule has 1 aromatic carbocycles. The highest BCUT2D eigenvalue weighted by molar-refractivity contribution is 6.19. The van der Waals surface area contributed by atoms with Gasteiger partial charge < -0.3 is 19.4 Å². The van der Waals surface area contributed by atoms with Crippen molar-refractivity contribution in [1.29, 1.82) is 0 Å². The van der Waals surface area contributed by atoms with Crippen molar-refractivity contribution in [3.05, 3.63) is 53.1 Å². The summed E-state index contributed by atoms with van der Waals surface area (Å²) in [5.74, 6) is 0.382. The molecule has 0 heterocycles. The lowest BCUT2D eigenvalue weighted by atomic mass is 9.88. The predicted octanol–water partition coefficient (Wildman–Crippen LogP) is 5.99. The minimum atomic E-state index is -0.376. The van der Waals surface area contributed by atoms with Crippen molar-refractivity contribution in [2.75, 3.05) is 14.2 Å². The average Bonchev–Trinajstić information content (AvgIpc) is 2.83. The molecule has 0 amide bonds. The molecule has 0 radical (unpaired) electrons. The highest BCUT2D eigenvalue weighted by atomic mass is 16.5. The van der Waals surface area contributed by atoms with E-state index >= 15 is 0 Å². The van der Waals surface area contributed by atoms with Gasteiger partial charge in [0.1, 0.15) is 13.6 Å². The molecule has 33 heavy (non-hydrogen) atoms. The lowest BCUT2D eigenvalue weighted by molar-refractivity contribution is -0.111. The maximum Gasteiger partial charge on any atom is 0.338 e. The summed E-state index contributed by atoms with van der Waals surface area (Å²) in [5.41, 5.74) is 4.59. The van der Waals surface area contributed by atoms with Crippen LogP contribution in [0, 0.1) is 12.8 Å². The van der Waals surface area contributed by atoms with Gasteiger partial charge in [-0.25, -0.2) is 4.79 Å². The van der Waals surface area contributed by atoms with Crippen LogP contribution in [0.1, 0.15) is 88.4 Å². The molecule has 1 aromatic rings. The van der Waals surface area contributed by atoms with E-state index in [1.165, 1.54) is 19.6 Å². The third-order valence-electron chi connectivity index (χ3n) is 4.24. The van der Waals surface area contributed by atoms with E-state index in [0.29, 0.717) is 22.6 Å². The van der Waals surface area contributed by atoms with Crippen molar-refractivity contribution in [3.8, 4) is 0 Å². The van der Waals surface area contributed by atoms with Gasteiger partial charge in [0.2, 0.25) is 0 Å². The number of carbonyl (C=O) groups excluding carboxylic acids is 4. The van der Waals surface area contributed by atoms with Crippen LogP contribution in [-0.2, 0) is 19.1 Å². The van der Waals surface area contributed by atoms with Crippen molar-refractivity contribution >= 4 is 30.9 Å². The van der Waals surface area contributed by atoms with Gasteiger partial charge in [-0.1, -0.05) is 72.4 Å². The molecule has 6 nitrogen and oxygen atoms in total. The first-order valence-electron chi connectivity index (χ1n) is 10.5. The molecule has 6 heteroatoms. The number of benzene rings is 1. The van der Waals surface area contributed by atoms with Gasteiger partial charge in [-0.3, -0.25) is 4.79 Å². The van der Waals surface area contributed by atoms with Crippen molar-refractivity contribution in [2.24, 2.45) is 5.92 Å². The quantitative estimate of drug-likeness (QED) is 0.325. The molecular weight excluding hydrogens is 420 g/mol. The minimum absolute atomic E-state index is 0.101. The normalized spacial score (nSPS) is 8.30. The van der Waals surface area contributed by atoms with E-state index in [4.69, 9.17) is 19.4 Å². The van der Waals surface area contributed by atoms with Crippen LogP contribution in [-0.4, -0.2) is 44.7 Å². The second-order valence-corrected chi connectivity index (χ2v) is 6.88. The maximum absolute atomic E-state index is 12.0. The first kappa shape index (κ1) is 40.5. The number of esters is 1. The summed E-state index contributed by atoms with van der Waals surface area (Å²) in [6.07, 6.45) is 0. The number of Topliss-reactive ketones (excluding diaryl/α,β-unsaturated/α-hetero) is 1. The van der Waals surface area contributed by atoms with Crippen LogP contribution in [0.25, 0.3) is 5.57 Å². The number of allylic oxidation sites excluding steroid dienone is 2. The Morgan fingerprint density at radius 3 is 1.52 bits per heavy atom. The van der Waals surface area contributed by atoms with Gasteiger partial charge in [-0.2, -0.15) is 0 Å². The van der Waals surface area contributed by atoms with E-state index in [1.807, 2.05) is 67.3 Å². The fourth-order valence-corrected chi connectivity index (χ4v) is 2.10. The molecule has 0 aliphatic carbocycles. The summed E-state index contributed by atoms with van der Waals surface area (Å²) in [4.78, 5) is 39.4. The zero-order valence-corrected chi connectivity index (χ0v) is 22.6. The monoisotopic (exact) mass is 466 g/mol. The van der Waals surface area contributed by atoms with Crippen LogP contribution in [0.15, 0.2) is 30.9 Å². The SMILES string of the molecule is C=C(C(C)=O)c1ccc(C(C)C)c(C(=O)OC)c1C.C=C(C)C(C)C.C=O.C=O.CC.CO. The van der Waals surface area contributed by atoms with E-state index in [2.05, 4.69) is 27.0 Å². The Morgan fingerprint density at radius 2 is 1.27 bits per heavy atom. The Labute approximate surface area is 201 Å². The standard InChI is InChI=1S/C16H20O3.C6H12.C2H6.CH4O.2CH2O/c1-9(2)13-7-8-14(10(3)12(5)17)11(4)15(13)16(18)19-6;1-5(2)6(3)4;4*1-2/h7-9H,3H2,1-2,4-6H3;6H,1H2,2-4H3;1-2H3;2H,1H3;2*1H2. The van der Waals surface area contributed by atoms with Crippen molar-refractivity contribution in [1.82, 2.24) is 0 Å². The minimum Gasteiger partial charge on any atom is -0.465 e. The number of ketones is 1. The Kier molecular flexibility index (Phi) is 31.2. The molecule has 190 valence electrons. The molecule has 0 spiro atoms. The van der Waals surface area contributed by atoms with Crippen LogP contribution < -0.4 is 0 Å². The zero-order chi connectivity index (χ0) is 27.9. The second-order valence-electron chi connectivity index (χ2n) is 6.88. The first-order valence-corrected chi connectivity index (χ1v) is 10.5. The number of hydrogen-bond donors (Lipinski definition) is 1. The van der Waals surface area contributed by atoms with E-state index < -0.39 is 0 Å². The smallest absolute Gasteiger partial charge is 0.338 e. The highest BCUT2D eigenvalue weighted by Gasteiger charge is 2.21. The third-order valence-corrected chi connectivity index (χ3v) is 4.24. The Balaban J connectivity index is -0.000000156. The highest BCUT2D eigenvalue weighted by Crippen LogP contribution is 2.29. The zero-order valence-electron chi connectivity index (χ0n) is 22.6. The van der Waals surface area contributed by atoms with Crippen molar-refractivity contribution < 1.29 is 29.0 Å². The molecule has 0 atom stereocenters. The van der Waals surface area contributed by atoms with Gasteiger partial charge in [0, 0.05) is 12.7 Å². The predicted molar refractivity (Wildman–Crippen MR) is 140 cm³/mol. The van der Waals surface area contributed by atoms with E-state index in [-0.39, 0.29) is 17.7 Å². The fraction of sp³-hybridized carbons (Fsp3) is 0.481. The van der Waals surface area contributed by atoms with E-state index in [1.54, 1.807) is 0 Å². The number of aliphatic hydroxyl groups excluding tert-OH is 1. The molecular formula is C27H46O6. The van der Waals surface area contributed by atoms with Crippen molar-refractivity contribution in [3.63, 3.8) is 0 Å². The maximum atomic E-state index is 12.0. The summed E-state index contributed by atoms with van der Waals surface area (Å²) < 4.78 is 4.85. The first-order chi connectivity index (χ1) is 15.4. The van der Waals surface area contributed by atoms with Crippen molar-refractivity contribution in [2.45, 2.75) is 68.2 Å². The fourth-order valence-electron chi connectivity index (χ4n) is 2.10. The number of methoxy groups -OCH3 is 1. The largest absolute Gasteiger partial charge is 0.465 e. The van der Waals surface area contributed by atoms with Gasteiger partial charge in [0.05, 0.1) is 12.7 Å². The Morgan fingerprint density at radius 1 is 0.909 bits per heavy atom. The summed E-state index contributed by atoms with van der Waals surface area (Å²) >= 11 is 0. The van der Waals surface area contributed by atoms with Crippen LogP contribution in [0.3, 0.4) is 0 Å². The summed E-state index contributed by atoms with van der Waals surface area (Å²) in [6.45, 7) is 29.2. The molecule has 0 saturated carbocycles. The molecule has 0 bridgehead atoms. The van der Waals surface area contributed by atoms with Crippen LogP contribution in [0.4, 0.5) is 0 Å². The number of hydrogen-bond acceptors (Lipinski definition) is 6. The molecule has 0 aliphatic heterocycles. The Bertz CT molecular complexity index is 701. The van der Waals surface area contributed by atoms with E-state index in [9.17, 15) is 9.59 Å². The van der Waals surface area contributed by atoms with Gasteiger partial charge in [0.25, 0.3) is 0 Å². The average molecular weight is 467 g/mol. The van der Waals surface area contributed by atoms with E-state index in [0.717, 1.165) is 18.2 Å². The molecule has 0 aromatic heterocycles. The molecule has 1 N–H and O–H groups in total. The molecule has 0 fully saturated rings. The Hall–Kier alpha value is -2.86. The van der Waals surface area contributed by atoms with Crippen LogP contribution >= 0.6 is 0 Å². The second kappa shape index (κ2) is 25.4. The third kappa shape index (κ3) is 16.4. The molecule has 0 saturated heterocycles. The summed E-state index contributed by atoms with van der Waals surface area (Å²) in [5, 5.41) is 7.00. The number of carbonyl (C=O) groups is 4. The number of aliphatic hydroxyl groups is 1. The number of rotatable bonds is 5. The molecule has 1 rings (SSSR count). The lowest BCUT2D eigenvalue weighted by Gasteiger charge is -2.17. The molecule has 0 unspecified atom stereocenters. The number of ether oxygens (including phenoxy) is 1. The van der Waals surface area contributed by atoms with Gasteiger partial charge >= 0.3 is 5.97 Å². The topological polar surface area (TPSA) is 97.7 Å². The van der Waals surface area contributed by atoms with Gasteiger partial charge in [-0.05, 0) is 49.3 Å². The lowest BCUT2D eigenvalue weighted by Crippen LogP contribution is -2.12. The van der Waals surface area contributed by atoms with Crippen LogP contribution in [0.2, 0.25) is 0 Å². The van der Waals surface area contributed by atoms with Gasteiger partial charge in [-0.15, -0.1) is 0 Å². The summed E-state index contributed by atoms with van der Waals surface area (Å²) in [7, 11) is 2.36. The van der Waals surface area contributed by atoms with Crippen LogP contribution in [0.5, 0.6) is 0 Å².